The molecule has 0 bridgehead atoms. The van der Waals surface area contributed by atoms with Crippen molar-refractivity contribution in [2.24, 2.45) is 0 Å². The molecule has 23 heavy (non-hydrogen) atoms. The molecule has 1 aliphatic rings. The standard InChI is InChI=1S/C18H20N2O3/c21-12-16(13-6-2-1-3-7-13)20-18(22)19-11-15-10-14-8-4-5-9-17(14)23-15/h1-9,15-16,21H,10-12H2,(H2,19,20,22). The van der Waals surface area contributed by atoms with Gasteiger partial charge in [-0.25, -0.2) is 4.79 Å². The van der Waals surface area contributed by atoms with E-state index in [0.717, 1.165) is 23.3 Å². The lowest BCUT2D eigenvalue weighted by Gasteiger charge is -2.18. The van der Waals surface area contributed by atoms with Crippen LogP contribution in [0.25, 0.3) is 0 Å². The van der Waals surface area contributed by atoms with E-state index < -0.39 is 6.04 Å². The molecule has 2 amide bonds. The molecule has 1 aliphatic heterocycles. The van der Waals surface area contributed by atoms with Crippen molar-refractivity contribution < 1.29 is 14.6 Å². The molecule has 2 aromatic carbocycles. The molecule has 0 aromatic heterocycles. The Morgan fingerprint density at radius 2 is 1.91 bits per heavy atom. The molecule has 3 rings (SSSR count). The zero-order valence-electron chi connectivity index (χ0n) is 12.7. The van der Waals surface area contributed by atoms with Crippen LogP contribution >= 0.6 is 0 Å². The molecule has 0 radical (unpaired) electrons. The third kappa shape index (κ3) is 3.81. The van der Waals surface area contributed by atoms with Crippen LogP contribution in [0.15, 0.2) is 54.6 Å². The van der Waals surface area contributed by atoms with Crippen molar-refractivity contribution in [3.8, 4) is 5.75 Å². The Morgan fingerprint density at radius 3 is 2.65 bits per heavy atom. The van der Waals surface area contributed by atoms with Crippen molar-refractivity contribution in [3.63, 3.8) is 0 Å². The number of rotatable bonds is 5. The summed E-state index contributed by atoms with van der Waals surface area (Å²) in [6, 6.07) is 16.6. The number of ether oxygens (including phenoxy) is 1. The van der Waals surface area contributed by atoms with Crippen LogP contribution in [0, 0.1) is 0 Å². The van der Waals surface area contributed by atoms with E-state index in [4.69, 9.17) is 4.74 Å². The fourth-order valence-corrected chi connectivity index (χ4v) is 2.70. The van der Waals surface area contributed by atoms with Gasteiger partial charge in [-0.1, -0.05) is 48.5 Å². The number of nitrogens with one attached hydrogen (secondary N) is 2. The second-order valence-electron chi connectivity index (χ2n) is 5.55. The van der Waals surface area contributed by atoms with Gasteiger partial charge in [-0.3, -0.25) is 0 Å². The maximum atomic E-state index is 12.0. The Labute approximate surface area is 135 Å². The van der Waals surface area contributed by atoms with E-state index in [1.165, 1.54) is 0 Å². The average Bonchev–Trinajstić information content (AvgIpc) is 3.01. The molecule has 0 spiro atoms. The highest BCUT2D eigenvalue weighted by molar-refractivity contribution is 5.74. The van der Waals surface area contributed by atoms with Crippen LogP contribution in [0.1, 0.15) is 17.2 Å². The Bertz CT molecular complexity index is 635. The van der Waals surface area contributed by atoms with Gasteiger partial charge in [-0.2, -0.15) is 0 Å². The van der Waals surface area contributed by atoms with Crippen molar-refractivity contribution in [1.29, 1.82) is 0 Å². The van der Waals surface area contributed by atoms with Crippen molar-refractivity contribution in [1.82, 2.24) is 10.6 Å². The van der Waals surface area contributed by atoms with Crippen LogP contribution in [-0.2, 0) is 6.42 Å². The van der Waals surface area contributed by atoms with Crippen molar-refractivity contribution in [3.05, 3.63) is 65.7 Å². The molecule has 3 N–H and O–H groups in total. The van der Waals surface area contributed by atoms with Gasteiger partial charge in [-0.15, -0.1) is 0 Å². The Hall–Kier alpha value is -2.53. The molecule has 120 valence electrons. The minimum absolute atomic E-state index is 0.0533. The summed E-state index contributed by atoms with van der Waals surface area (Å²) >= 11 is 0. The normalized spacial score (nSPS) is 17.0. The fraction of sp³-hybridized carbons (Fsp3) is 0.278. The molecular formula is C18H20N2O3. The van der Waals surface area contributed by atoms with Crippen molar-refractivity contribution in [2.75, 3.05) is 13.2 Å². The Morgan fingerprint density at radius 1 is 1.17 bits per heavy atom. The SMILES string of the molecule is O=C(NCC1Cc2ccccc2O1)NC(CO)c1ccccc1. The minimum atomic E-state index is -0.419. The molecule has 0 aliphatic carbocycles. The predicted molar refractivity (Wildman–Crippen MR) is 87.4 cm³/mol. The van der Waals surface area contributed by atoms with Crippen LogP contribution in [0.2, 0.25) is 0 Å². The number of hydrogen-bond donors (Lipinski definition) is 3. The van der Waals surface area contributed by atoms with Crippen LogP contribution in [0.5, 0.6) is 5.75 Å². The first-order chi connectivity index (χ1) is 11.3. The fourth-order valence-electron chi connectivity index (χ4n) is 2.70. The zero-order valence-corrected chi connectivity index (χ0v) is 12.7. The smallest absolute Gasteiger partial charge is 0.315 e. The molecular weight excluding hydrogens is 292 g/mol. The number of urea groups is 1. The summed E-state index contributed by atoms with van der Waals surface area (Å²) in [5.41, 5.74) is 2.03. The number of para-hydroxylation sites is 1. The Balaban J connectivity index is 1.49. The Kier molecular flexibility index (Phi) is 4.78. The summed E-state index contributed by atoms with van der Waals surface area (Å²) < 4.78 is 5.78. The number of aliphatic hydroxyl groups is 1. The van der Waals surface area contributed by atoms with Crippen molar-refractivity contribution in [2.45, 2.75) is 18.6 Å². The predicted octanol–water partition coefficient (Wildman–Crippen LogP) is 2.02. The van der Waals surface area contributed by atoms with Crippen molar-refractivity contribution >= 4 is 6.03 Å². The summed E-state index contributed by atoms with van der Waals surface area (Å²) in [4.78, 5) is 12.0. The highest BCUT2D eigenvalue weighted by atomic mass is 16.5. The van der Waals surface area contributed by atoms with Gasteiger partial charge < -0.3 is 20.5 Å². The lowest BCUT2D eigenvalue weighted by atomic mass is 10.1. The first kappa shape index (κ1) is 15.4. The summed E-state index contributed by atoms with van der Waals surface area (Å²) in [5.74, 6) is 0.886. The highest BCUT2D eigenvalue weighted by Gasteiger charge is 2.23. The third-order valence-electron chi connectivity index (χ3n) is 3.89. The maximum Gasteiger partial charge on any atom is 0.315 e. The van der Waals surface area contributed by atoms with Gasteiger partial charge in [0.05, 0.1) is 19.2 Å². The molecule has 2 unspecified atom stereocenters. The van der Waals surface area contributed by atoms with Gasteiger partial charge in [0, 0.05) is 6.42 Å². The minimum Gasteiger partial charge on any atom is -0.488 e. The van der Waals surface area contributed by atoms with E-state index in [9.17, 15) is 9.90 Å². The van der Waals surface area contributed by atoms with E-state index >= 15 is 0 Å². The zero-order chi connectivity index (χ0) is 16.1. The largest absolute Gasteiger partial charge is 0.488 e. The second-order valence-corrected chi connectivity index (χ2v) is 5.55. The number of hydrogen-bond acceptors (Lipinski definition) is 3. The van der Waals surface area contributed by atoms with E-state index in [1.807, 2.05) is 54.6 Å². The van der Waals surface area contributed by atoms with Crippen LogP contribution in [0.3, 0.4) is 0 Å². The van der Waals surface area contributed by atoms with Crippen LogP contribution in [-0.4, -0.2) is 30.4 Å². The van der Waals surface area contributed by atoms with Gasteiger partial charge in [0.15, 0.2) is 0 Å². The molecule has 2 aromatic rings. The van der Waals surface area contributed by atoms with Gasteiger partial charge in [0.2, 0.25) is 0 Å². The molecule has 5 heteroatoms. The molecule has 0 fully saturated rings. The van der Waals surface area contributed by atoms with Gasteiger partial charge in [0.1, 0.15) is 11.9 Å². The van der Waals surface area contributed by atoms with Crippen LogP contribution in [0.4, 0.5) is 4.79 Å². The first-order valence-electron chi connectivity index (χ1n) is 7.71. The van der Waals surface area contributed by atoms with E-state index in [-0.39, 0.29) is 18.7 Å². The number of carbonyl (C=O) groups is 1. The van der Waals surface area contributed by atoms with E-state index in [1.54, 1.807) is 0 Å². The molecule has 1 heterocycles. The summed E-state index contributed by atoms with van der Waals surface area (Å²) in [5, 5.41) is 15.0. The number of benzene rings is 2. The van der Waals surface area contributed by atoms with Gasteiger partial charge >= 0.3 is 6.03 Å². The highest BCUT2D eigenvalue weighted by Crippen LogP contribution is 2.27. The van der Waals surface area contributed by atoms with E-state index in [2.05, 4.69) is 10.6 Å². The lowest BCUT2D eigenvalue weighted by molar-refractivity contribution is 0.202. The third-order valence-corrected chi connectivity index (χ3v) is 3.89. The number of aliphatic hydroxyl groups excluding tert-OH is 1. The van der Waals surface area contributed by atoms with Gasteiger partial charge in [0.25, 0.3) is 0 Å². The van der Waals surface area contributed by atoms with E-state index in [0.29, 0.717) is 6.54 Å². The number of carbonyl (C=O) groups excluding carboxylic acids is 1. The molecule has 0 saturated heterocycles. The maximum absolute atomic E-state index is 12.0. The summed E-state index contributed by atoms with van der Waals surface area (Å²) in [6.07, 6.45) is 0.737. The topological polar surface area (TPSA) is 70.6 Å². The first-order valence-corrected chi connectivity index (χ1v) is 7.71. The quantitative estimate of drug-likeness (QED) is 0.791. The summed E-state index contributed by atoms with van der Waals surface area (Å²) in [6.45, 7) is 0.274. The van der Waals surface area contributed by atoms with Crippen LogP contribution < -0.4 is 15.4 Å². The molecule has 5 nitrogen and oxygen atoms in total. The number of fused-ring (bicyclic) bond motifs is 1. The lowest BCUT2D eigenvalue weighted by Crippen LogP contribution is -2.43. The average molecular weight is 312 g/mol. The number of amides is 2. The van der Waals surface area contributed by atoms with Gasteiger partial charge in [-0.05, 0) is 17.2 Å². The second kappa shape index (κ2) is 7.15. The molecule has 0 saturated carbocycles. The summed E-state index contributed by atoms with van der Waals surface area (Å²) in [7, 11) is 0. The molecule has 2 atom stereocenters. The monoisotopic (exact) mass is 312 g/mol.